The molecule has 0 heterocycles. The number of aryl methyl sites for hydroxylation is 1. The monoisotopic (exact) mass is 288 g/mol. The van der Waals surface area contributed by atoms with Gasteiger partial charge in [0.1, 0.15) is 11.5 Å². The number of carboxylic acids is 1. The van der Waals surface area contributed by atoms with Crippen LogP contribution in [-0.4, -0.2) is 11.1 Å². The van der Waals surface area contributed by atoms with Crippen LogP contribution < -0.4 is 4.74 Å². The second-order valence-electron chi connectivity index (χ2n) is 4.25. The van der Waals surface area contributed by atoms with Crippen LogP contribution in [0.2, 0.25) is 5.02 Å². The Morgan fingerprint density at radius 1 is 1.20 bits per heavy atom. The van der Waals surface area contributed by atoms with E-state index >= 15 is 0 Å². The molecule has 1 N–H and O–H groups in total. The van der Waals surface area contributed by atoms with Gasteiger partial charge in [0.25, 0.3) is 0 Å². The van der Waals surface area contributed by atoms with E-state index in [0.717, 1.165) is 17.2 Å². The first-order chi connectivity index (χ1) is 9.54. The van der Waals surface area contributed by atoms with Gasteiger partial charge in [-0.3, -0.25) is 0 Å². The quantitative estimate of drug-likeness (QED) is 0.840. The van der Waals surface area contributed by atoms with Gasteiger partial charge in [-0.25, -0.2) is 4.79 Å². The molecule has 0 unspecified atom stereocenters. The fourth-order valence-electron chi connectivity index (χ4n) is 1.63. The summed E-state index contributed by atoms with van der Waals surface area (Å²) in [5.74, 6) is 0.377. The maximum atomic E-state index is 10.5. The summed E-state index contributed by atoms with van der Waals surface area (Å²) in [6.07, 6.45) is 2.62. The second kappa shape index (κ2) is 6.26. The summed E-state index contributed by atoms with van der Waals surface area (Å²) < 4.78 is 5.77. The molecular weight excluding hydrogens is 276 g/mol. The molecule has 0 radical (unpaired) electrons. The Kier molecular flexibility index (Phi) is 4.43. The number of carboxylic acid groups (broad SMARTS) is 1. The lowest BCUT2D eigenvalue weighted by Gasteiger charge is -2.09. The zero-order valence-corrected chi connectivity index (χ0v) is 11.6. The predicted octanol–water partition coefficient (Wildman–Crippen LogP) is 4.54. The first-order valence-corrected chi connectivity index (χ1v) is 6.37. The predicted molar refractivity (Wildman–Crippen MR) is 79.4 cm³/mol. The van der Waals surface area contributed by atoms with Gasteiger partial charge in [-0.2, -0.15) is 0 Å². The van der Waals surface area contributed by atoms with Crippen molar-refractivity contribution >= 4 is 23.6 Å². The molecule has 2 rings (SSSR count). The number of benzene rings is 2. The van der Waals surface area contributed by atoms with Crippen molar-refractivity contribution in [3.8, 4) is 11.5 Å². The third-order valence-corrected chi connectivity index (χ3v) is 2.92. The molecule has 0 aliphatic rings. The minimum Gasteiger partial charge on any atom is -0.478 e. The molecule has 0 amide bonds. The molecular formula is C16H13ClO3. The Morgan fingerprint density at radius 3 is 2.55 bits per heavy atom. The molecule has 102 valence electrons. The van der Waals surface area contributed by atoms with Gasteiger partial charge in [-0.1, -0.05) is 23.7 Å². The van der Waals surface area contributed by atoms with Crippen LogP contribution in [0.1, 0.15) is 11.1 Å². The third kappa shape index (κ3) is 3.87. The molecule has 0 aromatic heterocycles. The average molecular weight is 289 g/mol. The lowest BCUT2D eigenvalue weighted by molar-refractivity contribution is -0.131. The van der Waals surface area contributed by atoms with E-state index in [2.05, 4.69) is 0 Å². The van der Waals surface area contributed by atoms with Crippen LogP contribution >= 0.6 is 11.6 Å². The molecule has 0 bridgehead atoms. The summed E-state index contributed by atoms with van der Waals surface area (Å²) in [6, 6.07) is 12.6. The minimum atomic E-state index is -0.981. The minimum absolute atomic E-state index is 0.646. The summed E-state index contributed by atoms with van der Waals surface area (Å²) in [5.41, 5.74) is 1.73. The lowest BCUT2D eigenvalue weighted by Crippen LogP contribution is -1.89. The number of rotatable bonds is 4. The molecule has 0 atom stereocenters. The van der Waals surface area contributed by atoms with Gasteiger partial charge >= 0.3 is 5.97 Å². The van der Waals surface area contributed by atoms with Crippen molar-refractivity contribution in [2.24, 2.45) is 0 Å². The van der Waals surface area contributed by atoms with Crippen molar-refractivity contribution < 1.29 is 14.6 Å². The summed E-state index contributed by atoms with van der Waals surface area (Å²) in [5, 5.41) is 9.27. The SMILES string of the molecule is Cc1ccc(/C=C/C(=O)O)cc1Oc1ccc(Cl)cc1. The van der Waals surface area contributed by atoms with E-state index in [0.29, 0.717) is 16.5 Å². The molecule has 2 aromatic carbocycles. The Morgan fingerprint density at radius 2 is 1.90 bits per heavy atom. The molecule has 0 aliphatic carbocycles. The fraction of sp³-hybridized carbons (Fsp3) is 0.0625. The van der Waals surface area contributed by atoms with Crippen molar-refractivity contribution in [3.63, 3.8) is 0 Å². The van der Waals surface area contributed by atoms with Gasteiger partial charge in [0.15, 0.2) is 0 Å². The highest BCUT2D eigenvalue weighted by atomic mass is 35.5. The topological polar surface area (TPSA) is 46.5 Å². The molecule has 0 fully saturated rings. The van der Waals surface area contributed by atoms with E-state index in [9.17, 15) is 4.79 Å². The largest absolute Gasteiger partial charge is 0.478 e. The number of halogens is 1. The number of aliphatic carboxylic acids is 1. The van der Waals surface area contributed by atoms with E-state index in [1.807, 2.05) is 19.1 Å². The zero-order chi connectivity index (χ0) is 14.5. The van der Waals surface area contributed by atoms with Crippen LogP contribution in [0.4, 0.5) is 0 Å². The molecule has 3 nitrogen and oxygen atoms in total. The first kappa shape index (κ1) is 14.2. The lowest BCUT2D eigenvalue weighted by atomic mass is 10.1. The van der Waals surface area contributed by atoms with Crippen molar-refractivity contribution in [2.45, 2.75) is 6.92 Å². The Bertz CT molecular complexity index is 645. The molecule has 2 aromatic rings. The van der Waals surface area contributed by atoms with Crippen molar-refractivity contribution in [2.75, 3.05) is 0 Å². The Balaban J connectivity index is 2.24. The molecule has 20 heavy (non-hydrogen) atoms. The summed E-state index contributed by atoms with van der Waals surface area (Å²) in [4.78, 5) is 10.5. The van der Waals surface area contributed by atoms with Gasteiger partial charge < -0.3 is 9.84 Å². The Hall–Kier alpha value is -2.26. The van der Waals surface area contributed by atoms with E-state index in [1.54, 1.807) is 30.3 Å². The number of hydrogen-bond donors (Lipinski definition) is 1. The van der Waals surface area contributed by atoms with Crippen molar-refractivity contribution in [1.82, 2.24) is 0 Å². The summed E-state index contributed by atoms with van der Waals surface area (Å²) >= 11 is 5.82. The fourth-order valence-corrected chi connectivity index (χ4v) is 1.75. The summed E-state index contributed by atoms with van der Waals surface area (Å²) in [6.45, 7) is 1.93. The maximum absolute atomic E-state index is 10.5. The number of hydrogen-bond acceptors (Lipinski definition) is 2. The highest BCUT2D eigenvalue weighted by Crippen LogP contribution is 2.27. The highest BCUT2D eigenvalue weighted by Gasteiger charge is 2.03. The molecule has 4 heteroatoms. The zero-order valence-electron chi connectivity index (χ0n) is 10.8. The standard InChI is InChI=1S/C16H13ClO3/c1-11-2-3-12(4-9-16(18)19)10-15(11)20-14-7-5-13(17)6-8-14/h2-10H,1H3,(H,18,19)/b9-4+. The van der Waals surface area contributed by atoms with Crippen LogP contribution in [-0.2, 0) is 4.79 Å². The molecule has 0 spiro atoms. The molecule has 0 aliphatic heterocycles. The van der Waals surface area contributed by atoms with Crippen LogP contribution in [0.25, 0.3) is 6.08 Å². The third-order valence-electron chi connectivity index (χ3n) is 2.67. The van der Waals surface area contributed by atoms with Crippen LogP contribution in [0.15, 0.2) is 48.5 Å². The second-order valence-corrected chi connectivity index (χ2v) is 4.69. The number of ether oxygens (including phenoxy) is 1. The van der Waals surface area contributed by atoms with Gasteiger partial charge in [-0.05, 0) is 54.5 Å². The summed E-state index contributed by atoms with van der Waals surface area (Å²) in [7, 11) is 0. The van der Waals surface area contributed by atoms with E-state index in [1.165, 1.54) is 6.08 Å². The van der Waals surface area contributed by atoms with Crippen LogP contribution in [0.3, 0.4) is 0 Å². The smallest absolute Gasteiger partial charge is 0.328 e. The van der Waals surface area contributed by atoms with Crippen molar-refractivity contribution in [1.29, 1.82) is 0 Å². The van der Waals surface area contributed by atoms with Gasteiger partial charge in [-0.15, -0.1) is 0 Å². The number of carbonyl (C=O) groups is 1. The van der Waals surface area contributed by atoms with Gasteiger partial charge in [0, 0.05) is 11.1 Å². The maximum Gasteiger partial charge on any atom is 0.328 e. The van der Waals surface area contributed by atoms with Crippen LogP contribution in [0.5, 0.6) is 11.5 Å². The van der Waals surface area contributed by atoms with E-state index in [4.69, 9.17) is 21.4 Å². The van der Waals surface area contributed by atoms with Crippen molar-refractivity contribution in [3.05, 3.63) is 64.7 Å². The van der Waals surface area contributed by atoms with Gasteiger partial charge in [0.05, 0.1) is 0 Å². The molecule has 0 saturated carbocycles. The highest BCUT2D eigenvalue weighted by molar-refractivity contribution is 6.30. The van der Waals surface area contributed by atoms with E-state index in [-0.39, 0.29) is 0 Å². The van der Waals surface area contributed by atoms with Gasteiger partial charge in [0.2, 0.25) is 0 Å². The average Bonchev–Trinajstić information content (AvgIpc) is 2.42. The molecule has 0 saturated heterocycles. The Labute approximate surface area is 122 Å². The van der Waals surface area contributed by atoms with E-state index < -0.39 is 5.97 Å². The first-order valence-electron chi connectivity index (χ1n) is 6.00. The normalized spacial score (nSPS) is 10.7. The van der Waals surface area contributed by atoms with Crippen LogP contribution in [0, 0.1) is 6.92 Å².